The number of esters is 1. The lowest BCUT2D eigenvalue weighted by atomic mass is 10.0. The predicted molar refractivity (Wildman–Crippen MR) is 119 cm³/mol. The molecule has 0 aliphatic carbocycles. The molecule has 0 unspecified atom stereocenters. The Morgan fingerprint density at radius 2 is 1.83 bits per heavy atom. The molecule has 0 spiro atoms. The Balaban J connectivity index is 1.62. The number of benzene rings is 2. The summed E-state index contributed by atoms with van der Waals surface area (Å²) in [5.74, 6) is -0.555. The Kier molecular flexibility index (Phi) is 7.19. The Labute approximate surface area is 180 Å². The highest BCUT2D eigenvalue weighted by Gasteiger charge is 2.14. The van der Waals surface area contributed by atoms with Crippen LogP contribution < -0.4 is 5.32 Å². The number of hydrogen-bond acceptors (Lipinski definition) is 6. The topological polar surface area (TPSA) is 81.2 Å². The molecule has 1 amide bonds. The first kappa shape index (κ1) is 21.5. The number of ether oxygens (including phenoxy) is 1. The van der Waals surface area contributed by atoms with Crippen LogP contribution in [0.3, 0.4) is 0 Å². The molecule has 1 N–H and O–H groups in total. The van der Waals surface area contributed by atoms with Gasteiger partial charge in [0.25, 0.3) is 0 Å². The molecular formula is C23H23N3O3S. The molecular weight excluding hydrogens is 398 g/mol. The van der Waals surface area contributed by atoms with Gasteiger partial charge in [0.1, 0.15) is 5.03 Å². The van der Waals surface area contributed by atoms with E-state index in [9.17, 15) is 9.59 Å². The van der Waals surface area contributed by atoms with Crippen molar-refractivity contribution in [3.8, 4) is 11.3 Å². The van der Waals surface area contributed by atoms with Gasteiger partial charge in [0.05, 0.1) is 29.3 Å². The van der Waals surface area contributed by atoms with Gasteiger partial charge in [0, 0.05) is 5.56 Å². The number of nitrogens with zero attached hydrogens (tertiary/aromatic N) is 2. The summed E-state index contributed by atoms with van der Waals surface area (Å²) < 4.78 is 5.03. The first-order chi connectivity index (χ1) is 14.5. The number of amides is 1. The van der Waals surface area contributed by atoms with Gasteiger partial charge in [-0.25, -0.2) is 4.79 Å². The molecule has 154 valence electrons. The fourth-order valence-corrected chi connectivity index (χ4v) is 3.47. The minimum absolute atomic E-state index is 0.147. The summed E-state index contributed by atoms with van der Waals surface area (Å²) in [5, 5.41) is 12.0. The molecule has 2 aromatic carbocycles. The third-order valence-corrected chi connectivity index (χ3v) is 5.28. The van der Waals surface area contributed by atoms with E-state index in [2.05, 4.69) is 33.7 Å². The average Bonchev–Trinajstić information content (AvgIpc) is 2.75. The first-order valence-electron chi connectivity index (χ1n) is 9.58. The summed E-state index contributed by atoms with van der Waals surface area (Å²) >= 11 is 1.28. The lowest BCUT2D eigenvalue weighted by molar-refractivity contribution is -0.113. The summed E-state index contributed by atoms with van der Waals surface area (Å²) in [5.41, 5.74) is 4.90. The first-order valence-corrected chi connectivity index (χ1v) is 10.6. The Bertz CT molecular complexity index is 1050. The van der Waals surface area contributed by atoms with Crippen molar-refractivity contribution in [2.24, 2.45) is 0 Å². The van der Waals surface area contributed by atoms with Crippen LogP contribution in [0.4, 0.5) is 5.69 Å². The van der Waals surface area contributed by atoms with Crippen molar-refractivity contribution < 1.29 is 14.3 Å². The fourth-order valence-electron chi connectivity index (χ4n) is 2.86. The van der Waals surface area contributed by atoms with Crippen LogP contribution in [0.1, 0.15) is 28.4 Å². The maximum absolute atomic E-state index is 12.4. The number of hydrogen-bond donors (Lipinski definition) is 1. The monoisotopic (exact) mass is 421 g/mol. The molecule has 1 heterocycles. The minimum Gasteiger partial charge on any atom is -0.462 e. The third-order valence-electron chi connectivity index (χ3n) is 4.36. The van der Waals surface area contributed by atoms with Crippen LogP contribution >= 0.6 is 11.8 Å². The molecule has 30 heavy (non-hydrogen) atoms. The zero-order valence-electron chi connectivity index (χ0n) is 17.1. The van der Waals surface area contributed by atoms with E-state index in [-0.39, 0.29) is 18.3 Å². The average molecular weight is 422 g/mol. The summed E-state index contributed by atoms with van der Waals surface area (Å²) in [7, 11) is 0. The maximum atomic E-state index is 12.4. The predicted octanol–water partition coefficient (Wildman–Crippen LogP) is 4.67. The summed E-state index contributed by atoms with van der Waals surface area (Å²) in [6, 6.07) is 16.8. The number of para-hydroxylation sites is 1. The molecule has 0 aliphatic heterocycles. The zero-order valence-corrected chi connectivity index (χ0v) is 18.0. The largest absolute Gasteiger partial charge is 0.462 e. The highest BCUT2D eigenvalue weighted by Crippen LogP contribution is 2.24. The van der Waals surface area contributed by atoms with Gasteiger partial charge in [-0.2, -0.15) is 0 Å². The normalized spacial score (nSPS) is 10.5. The van der Waals surface area contributed by atoms with Gasteiger partial charge in [-0.05, 0) is 56.7 Å². The van der Waals surface area contributed by atoms with Crippen molar-refractivity contribution in [1.82, 2.24) is 10.2 Å². The number of carbonyl (C=O) groups is 2. The van der Waals surface area contributed by atoms with E-state index in [1.807, 2.05) is 26.0 Å². The molecule has 7 heteroatoms. The number of thioether (sulfide) groups is 1. The molecule has 0 fully saturated rings. The van der Waals surface area contributed by atoms with E-state index in [0.29, 0.717) is 16.3 Å². The summed E-state index contributed by atoms with van der Waals surface area (Å²) in [4.78, 5) is 24.4. The molecule has 0 bridgehead atoms. The van der Waals surface area contributed by atoms with Crippen molar-refractivity contribution in [2.45, 2.75) is 25.8 Å². The number of rotatable bonds is 7. The van der Waals surface area contributed by atoms with E-state index < -0.39 is 5.97 Å². The van der Waals surface area contributed by atoms with Crippen molar-refractivity contribution in [3.05, 3.63) is 71.3 Å². The smallest absolute Gasteiger partial charge is 0.340 e. The Morgan fingerprint density at radius 3 is 2.57 bits per heavy atom. The lowest BCUT2D eigenvalue weighted by Gasteiger charge is -2.10. The number of aryl methyl sites for hydroxylation is 2. The number of aromatic nitrogens is 2. The maximum Gasteiger partial charge on any atom is 0.340 e. The third kappa shape index (κ3) is 5.45. The number of nitrogens with one attached hydrogen (secondary N) is 1. The van der Waals surface area contributed by atoms with E-state index in [0.717, 1.165) is 22.4 Å². The van der Waals surface area contributed by atoms with E-state index in [4.69, 9.17) is 4.74 Å². The molecule has 0 aliphatic rings. The van der Waals surface area contributed by atoms with Gasteiger partial charge in [-0.15, -0.1) is 10.2 Å². The van der Waals surface area contributed by atoms with Gasteiger partial charge in [-0.1, -0.05) is 41.6 Å². The lowest BCUT2D eigenvalue weighted by Crippen LogP contribution is -2.17. The summed E-state index contributed by atoms with van der Waals surface area (Å²) in [6.45, 7) is 6.09. The molecule has 6 nitrogen and oxygen atoms in total. The van der Waals surface area contributed by atoms with Gasteiger partial charge in [-0.3, -0.25) is 4.79 Å². The van der Waals surface area contributed by atoms with Crippen molar-refractivity contribution in [2.75, 3.05) is 17.7 Å². The molecule has 0 saturated heterocycles. The molecule has 3 aromatic rings. The second-order valence-corrected chi connectivity index (χ2v) is 7.67. The minimum atomic E-state index is -0.464. The van der Waals surface area contributed by atoms with Crippen molar-refractivity contribution in [3.63, 3.8) is 0 Å². The van der Waals surface area contributed by atoms with Crippen LogP contribution in [0.25, 0.3) is 11.3 Å². The van der Waals surface area contributed by atoms with E-state index in [1.165, 1.54) is 11.8 Å². The van der Waals surface area contributed by atoms with Crippen LogP contribution in [-0.4, -0.2) is 34.4 Å². The standard InChI is InChI=1S/C23H23N3O3S/c1-4-29-23(28)17-7-5-6-8-19(17)24-21(27)14-30-22-12-11-20(25-26-22)18-13-15(2)9-10-16(18)3/h5-13H,4,14H2,1-3H3,(H,24,27). The van der Waals surface area contributed by atoms with Gasteiger partial charge in [0.15, 0.2) is 0 Å². The quantitative estimate of drug-likeness (QED) is 0.441. The van der Waals surface area contributed by atoms with Gasteiger partial charge in [0.2, 0.25) is 5.91 Å². The highest BCUT2D eigenvalue weighted by molar-refractivity contribution is 7.99. The second kappa shape index (κ2) is 10.0. The SMILES string of the molecule is CCOC(=O)c1ccccc1NC(=O)CSc1ccc(-c2cc(C)ccc2C)nn1. The molecule has 3 rings (SSSR count). The summed E-state index contributed by atoms with van der Waals surface area (Å²) in [6.07, 6.45) is 0. The van der Waals surface area contributed by atoms with Crippen LogP contribution in [0.5, 0.6) is 0 Å². The van der Waals surface area contributed by atoms with E-state index in [1.54, 1.807) is 31.2 Å². The van der Waals surface area contributed by atoms with Crippen molar-refractivity contribution >= 4 is 29.3 Å². The molecule has 1 aromatic heterocycles. The Morgan fingerprint density at radius 1 is 1.03 bits per heavy atom. The Hall–Kier alpha value is -3.19. The van der Waals surface area contributed by atoms with Crippen LogP contribution in [0, 0.1) is 13.8 Å². The fraction of sp³-hybridized carbons (Fsp3) is 0.217. The number of carbonyl (C=O) groups excluding carboxylic acids is 2. The van der Waals surface area contributed by atoms with Gasteiger partial charge < -0.3 is 10.1 Å². The van der Waals surface area contributed by atoms with Crippen LogP contribution in [0.2, 0.25) is 0 Å². The number of anilines is 1. The molecule has 0 radical (unpaired) electrons. The zero-order chi connectivity index (χ0) is 21.5. The van der Waals surface area contributed by atoms with Gasteiger partial charge >= 0.3 is 5.97 Å². The van der Waals surface area contributed by atoms with Crippen LogP contribution in [0.15, 0.2) is 59.6 Å². The second-order valence-electron chi connectivity index (χ2n) is 6.68. The molecule has 0 saturated carbocycles. The highest BCUT2D eigenvalue weighted by atomic mass is 32.2. The molecule has 0 atom stereocenters. The van der Waals surface area contributed by atoms with Crippen LogP contribution in [-0.2, 0) is 9.53 Å². The van der Waals surface area contributed by atoms with E-state index >= 15 is 0 Å². The van der Waals surface area contributed by atoms with Crippen molar-refractivity contribution in [1.29, 1.82) is 0 Å².